The first-order valence-corrected chi connectivity index (χ1v) is 14.6. The van der Waals surface area contributed by atoms with Gasteiger partial charge in [-0.05, 0) is 96.1 Å². The molecule has 2 amide bonds. The molecule has 0 aliphatic rings. The maximum atomic E-state index is 12.8. The lowest BCUT2D eigenvalue weighted by atomic mass is 9.99. The summed E-state index contributed by atoms with van der Waals surface area (Å²) in [5.74, 6) is -0.362. The molecule has 0 heterocycles. The highest BCUT2D eigenvalue weighted by Gasteiger charge is 2.15. The minimum absolute atomic E-state index is 0.181. The molecule has 0 saturated heterocycles. The summed E-state index contributed by atoms with van der Waals surface area (Å²) < 4.78 is 0. The quantitative estimate of drug-likeness (QED) is 0.159. The molecule has 8 nitrogen and oxygen atoms in total. The first kappa shape index (κ1) is 30.7. The number of carbonyl (C=O) groups excluding carboxylic acids is 2. The maximum absolute atomic E-state index is 12.8. The van der Waals surface area contributed by atoms with Gasteiger partial charge in [0.05, 0.1) is 5.69 Å². The van der Waals surface area contributed by atoms with E-state index in [2.05, 4.69) is 15.7 Å². The molecule has 5 aromatic rings. The second-order valence-electron chi connectivity index (χ2n) is 11.0. The van der Waals surface area contributed by atoms with Gasteiger partial charge in [0, 0.05) is 62.1 Å². The van der Waals surface area contributed by atoms with E-state index in [9.17, 15) is 9.59 Å². The highest BCUT2D eigenvalue weighted by Crippen LogP contribution is 2.30. The third kappa shape index (κ3) is 8.00. The van der Waals surface area contributed by atoms with Gasteiger partial charge in [0.1, 0.15) is 6.04 Å². The Morgan fingerprint density at radius 3 is 1.31 bits per heavy atom. The standard InChI is InChI=1S/C37H36N6O2/c1-42(2)33-22-14-28(15-23-33)36(44)38-30-18-10-26(11-19-30)35(41-40-32-8-6-5-7-9-32)27-12-20-31(21-13-27)39-37(45)29-16-24-34(25-17-29)43(3)4/h5-25,35H,1-4H3,(H,38,44)(H,39,45). The molecule has 0 aromatic heterocycles. The fraction of sp³-hybridized carbons (Fsp3) is 0.135. The molecule has 45 heavy (non-hydrogen) atoms. The van der Waals surface area contributed by atoms with Crippen LogP contribution < -0.4 is 20.4 Å². The number of anilines is 4. The zero-order chi connectivity index (χ0) is 31.8. The lowest BCUT2D eigenvalue weighted by Crippen LogP contribution is -2.13. The van der Waals surface area contributed by atoms with Gasteiger partial charge >= 0.3 is 0 Å². The average Bonchev–Trinajstić information content (AvgIpc) is 3.06. The number of nitrogens with one attached hydrogen (secondary N) is 2. The number of rotatable bonds is 10. The van der Waals surface area contributed by atoms with Gasteiger partial charge in [-0.15, -0.1) is 0 Å². The van der Waals surface area contributed by atoms with Gasteiger partial charge in [0.25, 0.3) is 11.8 Å². The number of nitrogens with zero attached hydrogens (tertiary/aromatic N) is 4. The summed E-state index contributed by atoms with van der Waals surface area (Å²) in [7, 11) is 7.84. The predicted molar refractivity (Wildman–Crippen MR) is 183 cm³/mol. The SMILES string of the molecule is CN(C)c1ccc(C(=O)Nc2ccc(C(N=Nc3ccccc3)c3ccc(NC(=O)c4ccc(N(C)C)cc4)cc3)cc2)cc1. The van der Waals surface area contributed by atoms with Crippen LogP contribution in [0.3, 0.4) is 0 Å². The monoisotopic (exact) mass is 596 g/mol. The minimum Gasteiger partial charge on any atom is -0.378 e. The Bertz CT molecular complexity index is 1640. The molecule has 0 saturated carbocycles. The number of benzene rings is 5. The molecule has 8 heteroatoms. The molecule has 0 bridgehead atoms. The van der Waals surface area contributed by atoms with Crippen LogP contribution in [0.2, 0.25) is 0 Å². The Balaban J connectivity index is 1.33. The van der Waals surface area contributed by atoms with Crippen LogP contribution >= 0.6 is 0 Å². The molecular weight excluding hydrogens is 560 g/mol. The van der Waals surface area contributed by atoms with E-state index < -0.39 is 6.04 Å². The molecule has 0 unspecified atom stereocenters. The molecule has 0 radical (unpaired) electrons. The summed E-state index contributed by atoms with van der Waals surface area (Å²) in [5.41, 5.74) is 7.12. The number of amides is 2. The Hall–Kier alpha value is -5.76. The van der Waals surface area contributed by atoms with Crippen LogP contribution in [0.1, 0.15) is 37.9 Å². The first-order valence-electron chi connectivity index (χ1n) is 14.6. The van der Waals surface area contributed by atoms with Crippen molar-refractivity contribution in [2.45, 2.75) is 6.04 Å². The van der Waals surface area contributed by atoms with Gasteiger partial charge in [0.2, 0.25) is 0 Å². The van der Waals surface area contributed by atoms with Crippen molar-refractivity contribution in [2.24, 2.45) is 10.2 Å². The van der Waals surface area contributed by atoms with E-state index in [1.165, 1.54) is 0 Å². The van der Waals surface area contributed by atoms with Crippen LogP contribution in [-0.4, -0.2) is 40.0 Å². The zero-order valence-corrected chi connectivity index (χ0v) is 25.8. The molecular formula is C37H36N6O2. The number of azo groups is 1. The summed E-state index contributed by atoms with van der Waals surface area (Å²) in [6.45, 7) is 0. The third-order valence-electron chi connectivity index (χ3n) is 7.31. The minimum atomic E-state index is -0.406. The van der Waals surface area contributed by atoms with E-state index in [0.717, 1.165) is 28.2 Å². The summed E-state index contributed by atoms with van der Waals surface area (Å²) >= 11 is 0. The van der Waals surface area contributed by atoms with Crippen LogP contribution in [0, 0.1) is 0 Å². The Labute approximate surface area is 264 Å². The van der Waals surface area contributed by atoms with Crippen LogP contribution in [0.4, 0.5) is 28.4 Å². The van der Waals surface area contributed by atoms with Crippen LogP contribution in [-0.2, 0) is 0 Å². The molecule has 0 spiro atoms. The zero-order valence-electron chi connectivity index (χ0n) is 25.8. The topological polar surface area (TPSA) is 89.4 Å². The lowest BCUT2D eigenvalue weighted by Gasteiger charge is -2.15. The number of hydrogen-bond donors (Lipinski definition) is 2. The Morgan fingerprint density at radius 2 is 0.933 bits per heavy atom. The lowest BCUT2D eigenvalue weighted by molar-refractivity contribution is 0.101. The van der Waals surface area contributed by atoms with Crippen molar-refractivity contribution in [3.63, 3.8) is 0 Å². The summed E-state index contributed by atoms with van der Waals surface area (Å²) in [4.78, 5) is 29.7. The second-order valence-corrected chi connectivity index (χ2v) is 11.0. The van der Waals surface area contributed by atoms with Crippen molar-refractivity contribution in [3.05, 3.63) is 150 Å². The third-order valence-corrected chi connectivity index (χ3v) is 7.31. The van der Waals surface area contributed by atoms with Crippen molar-refractivity contribution < 1.29 is 9.59 Å². The maximum Gasteiger partial charge on any atom is 0.255 e. The first-order chi connectivity index (χ1) is 21.8. The van der Waals surface area contributed by atoms with Crippen molar-refractivity contribution in [3.8, 4) is 0 Å². The van der Waals surface area contributed by atoms with E-state index in [1.807, 2.05) is 165 Å². The predicted octanol–water partition coefficient (Wildman–Crippen LogP) is 8.20. The van der Waals surface area contributed by atoms with E-state index in [1.54, 1.807) is 0 Å². The van der Waals surface area contributed by atoms with Gasteiger partial charge in [-0.1, -0.05) is 42.5 Å². The fourth-order valence-corrected chi connectivity index (χ4v) is 4.67. The molecule has 5 rings (SSSR count). The molecule has 5 aromatic carbocycles. The normalized spacial score (nSPS) is 11.0. The van der Waals surface area contributed by atoms with Gasteiger partial charge in [-0.25, -0.2) is 0 Å². The van der Waals surface area contributed by atoms with Gasteiger partial charge in [-0.2, -0.15) is 10.2 Å². The molecule has 0 aliphatic carbocycles. The van der Waals surface area contributed by atoms with Crippen molar-refractivity contribution in [1.29, 1.82) is 0 Å². The highest BCUT2D eigenvalue weighted by molar-refractivity contribution is 6.05. The molecule has 0 atom stereocenters. The van der Waals surface area contributed by atoms with Crippen molar-refractivity contribution in [1.82, 2.24) is 0 Å². The smallest absolute Gasteiger partial charge is 0.255 e. The van der Waals surface area contributed by atoms with Crippen molar-refractivity contribution in [2.75, 3.05) is 48.6 Å². The summed E-state index contributed by atoms with van der Waals surface area (Å²) in [5, 5.41) is 15.1. The Morgan fingerprint density at radius 1 is 0.533 bits per heavy atom. The van der Waals surface area contributed by atoms with Gasteiger partial charge in [-0.3, -0.25) is 9.59 Å². The molecule has 2 N–H and O–H groups in total. The largest absolute Gasteiger partial charge is 0.378 e. The van der Waals surface area contributed by atoms with Crippen molar-refractivity contribution >= 4 is 40.3 Å². The Kier molecular flexibility index (Phi) is 9.64. The van der Waals surface area contributed by atoms with E-state index >= 15 is 0 Å². The highest BCUT2D eigenvalue weighted by atomic mass is 16.2. The van der Waals surface area contributed by atoms with E-state index in [0.29, 0.717) is 22.5 Å². The van der Waals surface area contributed by atoms with Gasteiger partial charge in [0.15, 0.2) is 0 Å². The van der Waals surface area contributed by atoms with E-state index in [-0.39, 0.29) is 11.8 Å². The molecule has 0 fully saturated rings. The molecule has 226 valence electrons. The van der Waals surface area contributed by atoms with Crippen LogP contribution in [0.5, 0.6) is 0 Å². The van der Waals surface area contributed by atoms with E-state index in [4.69, 9.17) is 5.11 Å². The number of hydrogen-bond acceptors (Lipinski definition) is 6. The van der Waals surface area contributed by atoms with Crippen LogP contribution in [0.15, 0.2) is 138 Å². The summed E-state index contributed by atoms with van der Waals surface area (Å²) in [6, 6.07) is 39.3. The van der Waals surface area contributed by atoms with Crippen LogP contribution in [0.25, 0.3) is 0 Å². The second kappa shape index (κ2) is 14.1. The van der Waals surface area contributed by atoms with Gasteiger partial charge < -0.3 is 20.4 Å². The fourth-order valence-electron chi connectivity index (χ4n) is 4.67. The average molecular weight is 597 g/mol. The molecule has 0 aliphatic heterocycles. The number of carbonyl (C=O) groups is 2. The summed E-state index contributed by atoms with van der Waals surface area (Å²) in [6.07, 6.45) is 0.